The number of halogens is 1. The lowest BCUT2D eigenvalue weighted by Crippen LogP contribution is -2.14. The summed E-state index contributed by atoms with van der Waals surface area (Å²) in [6, 6.07) is 3.56. The Kier molecular flexibility index (Phi) is 2.70. The predicted molar refractivity (Wildman–Crippen MR) is 60.0 cm³/mol. The van der Waals surface area contributed by atoms with Crippen molar-refractivity contribution in [1.82, 2.24) is 0 Å². The van der Waals surface area contributed by atoms with Crippen molar-refractivity contribution >= 4 is 17.4 Å². The molecule has 0 aliphatic heterocycles. The molecule has 1 aliphatic carbocycles. The van der Waals surface area contributed by atoms with Gasteiger partial charge in [-0.3, -0.25) is 4.79 Å². The van der Waals surface area contributed by atoms with E-state index in [0.717, 1.165) is 17.5 Å². The summed E-state index contributed by atoms with van der Waals surface area (Å²) < 4.78 is 5.11. The summed E-state index contributed by atoms with van der Waals surface area (Å²) in [6.07, 6.45) is 1.50. The number of ketones is 1. The van der Waals surface area contributed by atoms with Gasteiger partial charge >= 0.3 is 0 Å². The largest absolute Gasteiger partial charge is 0.497 e. The first kappa shape index (κ1) is 10.5. The quantitative estimate of drug-likeness (QED) is 0.731. The molecule has 2 rings (SSSR count). The first-order valence-electron chi connectivity index (χ1n) is 5.04. The minimum atomic E-state index is 0.170. The molecular weight excluding hydrogens is 212 g/mol. The topological polar surface area (TPSA) is 26.3 Å². The summed E-state index contributed by atoms with van der Waals surface area (Å²) >= 11 is 6.15. The summed E-state index contributed by atoms with van der Waals surface area (Å²) in [5.74, 6) is 1.18. The first-order valence-corrected chi connectivity index (χ1v) is 5.42. The Balaban J connectivity index is 2.61. The van der Waals surface area contributed by atoms with E-state index in [0.29, 0.717) is 23.1 Å². The van der Waals surface area contributed by atoms with Crippen molar-refractivity contribution in [3.63, 3.8) is 0 Å². The van der Waals surface area contributed by atoms with Gasteiger partial charge in [-0.15, -0.1) is 0 Å². The molecule has 15 heavy (non-hydrogen) atoms. The van der Waals surface area contributed by atoms with E-state index < -0.39 is 0 Å². The zero-order valence-electron chi connectivity index (χ0n) is 8.84. The molecule has 1 aromatic rings. The van der Waals surface area contributed by atoms with Crippen LogP contribution < -0.4 is 4.74 Å². The molecule has 1 aromatic carbocycles. The fourth-order valence-corrected chi connectivity index (χ4v) is 2.46. The van der Waals surface area contributed by atoms with Crippen molar-refractivity contribution in [2.24, 2.45) is 0 Å². The third-order valence-corrected chi connectivity index (χ3v) is 3.25. The first-order chi connectivity index (χ1) is 7.13. The van der Waals surface area contributed by atoms with Crippen LogP contribution in [0.25, 0.3) is 0 Å². The van der Waals surface area contributed by atoms with Crippen molar-refractivity contribution in [3.8, 4) is 5.75 Å². The Hall–Kier alpha value is -1.02. The van der Waals surface area contributed by atoms with Gasteiger partial charge in [0.1, 0.15) is 5.75 Å². The van der Waals surface area contributed by atoms with Gasteiger partial charge in [-0.2, -0.15) is 0 Å². The molecule has 1 atom stereocenters. The molecule has 80 valence electrons. The van der Waals surface area contributed by atoms with Crippen LogP contribution in [0.15, 0.2) is 12.1 Å². The number of benzene rings is 1. The minimum Gasteiger partial charge on any atom is -0.497 e. The molecule has 0 saturated carbocycles. The Bertz CT molecular complexity index is 412. The number of hydrogen-bond donors (Lipinski definition) is 0. The van der Waals surface area contributed by atoms with Crippen LogP contribution in [0.1, 0.15) is 41.6 Å². The minimum absolute atomic E-state index is 0.170. The van der Waals surface area contributed by atoms with Crippen LogP contribution in [0, 0.1) is 0 Å². The van der Waals surface area contributed by atoms with Gasteiger partial charge < -0.3 is 4.74 Å². The van der Waals surface area contributed by atoms with Gasteiger partial charge in [0.05, 0.1) is 7.11 Å². The molecule has 0 amide bonds. The van der Waals surface area contributed by atoms with E-state index in [1.807, 2.05) is 0 Å². The maximum absolute atomic E-state index is 11.7. The third-order valence-electron chi connectivity index (χ3n) is 2.94. The molecule has 0 heterocycles. The number of fused-ring (bicyclic) bond motifs is 1. The number of carbonyl (C=O) groups excluding carboxylic acids is 1. The number of methoxy groups -OCH3 is 1. The van der Waals surface area contributed by atoms with E-state index in [-0.39, 0.29) is 5.78 Å². The lowest BCUT2D eigenvalue weighted by molar-refractivity contribution is 0.0967. The highest BCUT2D eigenvalue weighted by Gasteiger charge is 2.25. The van der Waals surface area contributed by atoms with Crippen LogP contribution in [0.4, 0.5) is 0 Å². The van der Waals surface area contributed by atoms with E-state index >= 15 is 0 Å². The van der Waals surface area contributed by atoms with Crippen LogP contribution in [-0.4, -0.2) is 12.9 Å². The molecule has 0 aromatic heterocycles. The SMILES string of the molecule is COc1cc(Cl)c2c(c1)C(=O)CCC2C. The average molecular weight is 225 g/mol. The second-order valence-corrected chi connectivity index (χ2v) is 4.34. The molecule has 3 heteroatoms. The van der Waals surface area contributed by atoms with E-state index in [4.69, 9.17) is 16.3 Å². The molecular formula is C12H13ClO2. The van der Waals surface area contributed by atoms with Crippen LogP contribution in [-0.2, 0) is 0 Å². The van der Waals surface area contributed by atoms with Crippen molar-refractivity contribution in [1.29, 1.82) is 0 Å². The van der Waals surface area contributed by atoms with Crippen molar-refractivity contribution in [2.75, 3.05) is 7.11 Å². The summed E-state index contributed by atoms with van der Waals surface area (Å²) in [5.41, 5.74) is 1.71. The molecule has 0 bridgehead atoms. The fourth-order valence-electron chi connectivity index (χ4n) is 2.07. The molecule has 0 spiro atoms. The van der Waals surface area contributed by atoms with E-state index in [2.05, 4.69) is 6.92 Å². The second kappa shape index (κ2) is 3.86. The van der Waals surface area contributed by atoms with Gasteiger partial charge in [0.15, 0.2) is 5.78 Å². The normalized spacial score (nSPS) is 19.9. The van der Waals surface area contributed by atoms with Crippen molar-refractivity contribution in [3.05, 3.63) is 28.3 Å². The van der Waals surface area contributed by atoms with E-state index in [9.17, 15) is 4.79 Å². The zero-order valence-corrected chi connectivity index (χ0v) is 9.60. The van der Waals surface area contributed by atoms with Gasteiger partial charge in [-0.05, 0) is 30.0 Å². The number of rotatable bonds is 1. The fraction of sp³-hybridized carbons (Fsp3) is 0.417. The summed E-state index contributed by atoms with van der Waals surface area (Å²) in [5, 5.41) is 0.643. The van der Waals surface area contributed by atoms with Crippen LogP contribution in [0.3, 0.4) is 0 Å². The van der Waals surface area contributed by atoms with Crippen molar-refractivity contribution in [2.45, 2.75) is 25.7 Å². The van der Waals surface area contributed by atoms with Gasteiger partial charge in [0.25, 0.3) is 0 Å². The standard InChI is InChI=1S/C12H13ClO2/c1-7-3-4-11(14)9-5-8(15-2)6-10(13)12(7)9/h5-7H,3-4H2,1-2H3. The zero-order chi connectivity index (χ0) is 11.0. The lowest BCUT2D eigenvalue weighted by atomic mass is 9.83. The van der Waals surface area contributed by atoms with E-state index in [1.54, 1.807) is 19.2 Å². The van der Waals surface area contributed by atoms with Gasteiger partial charge in [-0.1, -0.05) is 18.5 Å². The number of hydrogen-bond acceptors (Lipinski definition) is 2. The monoisotopic (exact) mass is 224 g/mol. The number of Topliss-reactive ketones (excluding diaryl/α,β-unsaturated/α-hetero) is 1. The number of carbonyl (C=O) groups is 1. The smallest absolute Gasteiger partial charge is 0.163 e. The molecule has 0 fully saturated rings. The molecule has 2 nitrogen and oxygen atoms in total. The summed E-state index contributed by atoms with van der Waals surface area (Å²) in [4.78, 5) is 11.7. The molecule has 1 aliphatic rings. The maximum Gasteiger partial charge on any atom is 0.163 e. The molecule has 1 unspecified atom stereocenters. The van der Waals surface area contributed by atoms with Gasteiger partial charge in [0, 0.05) is 17.0 Å². The number of ether oxygens (including phenoxy) is 1. The Labute approximate surface area is 94.2 Å². The summed E-state index contributed by atoms with van der Waals surface area (Å²) in [6.45, 7) is 2.10. The van der Waals surface area contributed by atoms with Gasteiger partial charge in [-0.25, -0.2) is 0 Å². The highest BCUT2D eigenvalue weighted by atomic mass is 35.5. The highest BCUT2D eigenvalue weighted by molar-refractivity contribution is 6.32. The average Bonchev–Trinajstić information content (AvgIpc) is 2.23. The van der Waals surface area contributed by atoms with Crippen LogP contribution in [0.5, 0.6) is 5.75 Å². The van der Waals surface area contributed by atoms with Crippen LogP contribution >= 0.6 is 11.6 Å². The Morgan fingerprint density at radius 2 is 2.20 bits per heavy atom. The third kappa shape index (κ3) is 1.74. The maximum atomic E-state index is 11.7. The predicted octanol–water partition coefficient (Wildman–Crippen LogP) is 3.43. The van der Waals surface area contributed by atoms with Crippen LogP contribution in [0.2, 0.25) is 5.02 Å². The second-order valence-electron chi connectivity index (χ2n) is 3.93. The molecule has 0 radical (unpaired) electrons. The van der Waals surface area contributed by atoms with Gasteiger partial charge in [0.2, 0.25) is 0 Å². The molecule has 0 saturated heterocycles. The Morgan fingerprint density at radius 3 is 2.87 bits per heavy atom. The van der Waals surface area contributed by atoms with E-state index in [1.165, 1.54) is 0 Å². The summed E-state index contributed by atoms with van der Waals surface area (Å²) in [7, 11) is 1.58. The Morgan fingerprint density at radius 1 is 1.47 bits per heavy atom. The van der Waals surface area contributed by atoms with Crippen molar-refractivity contribution < 1.29 is 9.53 Å². The highest BCUT2D eigenvalue weighted by Crippen LogP contribution is 2.38. The molecule has 0 N–H and O–H groups in total. The lowest BCUT2D eigenvalue weighted by Gasteiger charge is -2.23.